The van der Waals surface area contributed by atoms with Gasteiger partial charge in [0.05, 0.1) is 6.33 Å². The second kappa shape index (κ2) is 8.66. The summed E-state index contributed by atoms with van der Waals surface area (Å²) in [6.07, 6.45) is -5.71. The molecule has 3 heterocycles. The van der Waals surface area contributed by atoms with Gasteiger partial charge in [0.2, 0.25) is 18.6 Å². The number of benzene rings is 2. The van der Waals surface area contributed by atoms with Crippen molar-refractivity contribution in [2.75, 3.05) is 6.79 Å². The van der Waals surface area contributed by atoms with Crippen LogP contribution >= 0.6 is 0 Å². The average Bonchev–Trinajstić information content (AvgIpc) is 3.50. The molecule has 1 aliphatic rings. The minimum Gasteiger partial charge on any atom is -0.454 e. The SMILES string of the molecule is FC(F)(F)c1cc(C(F)(F)F)c(Oc2ccc3c(c2)OCO3)nc1Oc1ccc(-n2ccnc2)cc1. The molecule has 36 heavy (non-hydrogen) atoms. The molecule has 1 aliphatic heterocycles. The molecule has 2 aromatic carbocycles. The molecule has 0 unspecified atom stereocenters. The van der Waals surface area contributed by atoms with Crippen molar-refractivity contribution in [3.05, 3.63) is 78.4 Å². The van der Waals surface area contributed by atoms with E-state index >= 15 is 0 Å². The fourth-order valence-corrected chi connectivity index (χ4v) is 3.30. The fraction of sp³-hybridized carbons (Fsp3) is 0.130. The molecule has 0 spiro atoms. The third-order valence-corrected chi connectivity index (χ3v) is 4.98. The number of pyridine rings is 1. The van der Waals surface area contributed by atoms with Crippen LogP contribution in [-0.2, 0) is 12.4 Å². The molecule has 0 aliphatic carbocycles. The fourth-order valence-electron chi connectivity index (χ4n) is 3.30. The first-order valence-corrected chi connectivity index (χ1v) is 10.1. The van der Waals surface area contributed by atoms with E-state index in [9.17, 15) is 26.3 Å². The van der Waals surface area contributed by atoms with E-state index in [1.165, 1.54) is 55.0 Å². The number of alkyl halides is 6. The number of aromatic nitrogens is 3. The van der Waals surface area contributed by atoms with Crippen molar-refractivity contribution in [3.8, 4) is 40.4 Å². The van der Waals surface area contributed by atoms with E-state index in [1.54, 1.807) is 10.8 Å². The maximum absolute atomic E-state index is 13.7. The standard InChI is InChI=1S/C23H13F6N3O4/c24-22(25,26)16-10-17(23(27,28)29)21(36-15-5-6-18-19(9-15)34-12-33-18)31-20(16)35-14-3-1-13(2-4-14)32-8-7-30-11-32/h1-11H,12H2. The number of hydrogen-bond donors (Lipinski definition) is 0. The predicted molar refractivity (Wildman–Crippen MR) is 111 cm³/mol. The van der Waals surface area contributed by atoms with E-state index in [1.807, 2.05) is 0 Å². The van der Waals surface area contributed by atoms with E-state index in [0.29, 0.717) is 11.4 Å². The Morgan fingerprint density at radius 3 is 1.97 bits per heavy atom. The summed E-state index contributed by atoms with van der Waals surface area (Å²) in [7, 11) is 0. The highest BCUT2D eigenvalue weighted by molar-refractivity contribution is 5.50. The number of halogens is 6. The maximum atomic E-state index is 13.7. The second-order valence-corrected chi connectivity index (χ2v) is 7.37. The maximum Gasteiger partial charge on any atom is 0.421 e. The molecular formula is C23H13F6N3O4. The number of nitrogens with zero attached hydrogens (tertiary/aromatic N) is 3. The van der Waals surface area contributed by atoms with Gasteiger partial charge in [-0.25, -0.2) is 4.98 Å². The molecule has 0 atom stereocenters. The van der Waals surface area contributed by atoms with Crippen LogP contribution in [-0.4, -0.2) is 21.3 Å². The summed E-state index contributed by atoms with van der Waals surface area (Å²) >= 11 is 0. The van der Waals surface area contributed by atoms with Gasteiger partial charge < -0.3 is 23.5 Å². The Morgan fingerprint density at radius 1 is 0.750 bits per heavy atom. The third kappa shape index (κ3) is 4.72. The van der Waals surface area contributed by atoms with Crippen molar-refractivity contribution in [2.45, 2.75) is 12.4 Å². The summed E-state index contributed by atoms with van der Waals surface area (Å²) in [5, 5.41) is 0. The van der Waals surface area contributed by atoms with Gasteiger partial charge in [-0.2, -0.15) is 31.3 Å². The molecule has 4 aromatic rings. The van der Waals surface area contributed by atoms with Crippen molar-refractivity contribution in [3.63, 3.8) is 0 Å². The van der Waals surface area contributed by atoms with Gasteiger partial charge in [0.15, 0.2) is 11.5 Å². The van der Waals surface area contributed by atoms with Crippen LogP contribution in [0.1, 0.15) is 11.1 Å². The van der Waals surface area contributed by atoms with Crippen LogP contribution in [0.25, 0.3) is 5.69 Å². The topological polar surface area (TPSA) is 67.6 Å². The van der Waals surface area contributed by atoms with Crippen molar-refractivity contribution < 1.29 is 45.3 Å². The Balaban J connectivity index is 1.54. The lowest BCUT2D eigenvalue weighted by Gasteiger charge is -2.19. The molecule has 0 saturated heterocycles. The van der Waals surface area contributed by atoms with Gasteiger partial charge in [0.1, 0.15) is 22.6 Å². The van der Waals surface area contributed by atoms with Gasteiger partial charge in [-0.15, -0.1) is 0 Å². The first kappa shape index (κ1) is 23.3. The molecule has 186 valence electrons. The average molecular weight is 509 g/mol. The summed E-state index contributed by atoms with van der Waals surface area (Å²) in [6.45, 7) is -0.0945. The Hall–Kier alpha value is -4.42. The molecule has 5 rings (SSSR count). The number of hydrogen-bond acceptors (Lipinski definition) is 6. The van der Waals surface area contributed by atoms with E-state index in [-0.39, 0.29) is 30.1 Å². The van der Waals surface area contributed by atoms with Crippen LogP contribution in [0.3, 0.4) is 0 Å². The Kier molecular flexibility index (Phi) is 5.61. The lowest BCUT2D eigenvalue weighted by molar-refractivity contribution is -0.144. The second-order valence-electron chi connectivity index (χ2n) is 7.37. The third-order valence-electron chi connectivity index (χ3n) is 4.98. The summed E-state index contributed by atoms with van der Waals surface area (Å²) in [6, 6.07) is 9.52. The minimum atomic E-state index is -5.20. The summed E-state index contributed by atoms with van der Waals surface area (Å²) in [5.74, 6) is -1.95. The van der Waals surface area contributed by atoms with Gasteiger partial charge in [0, 0.05) is 24.1 Å². The molecule has 0 amide bonds. The van der Waals surface area contributed by atoms with E-state index in [4.69, 9.17) is 18.9 Å². The molecule has 0 fully saturated rings. The molecule has 0 N–H and O–H groups in total. The molecule has 0 bridgehead atoms. The number of rotatable bonds is 5. The number of imidazole rings is 1. The lowest BCUT2D eigenvalue weighted by atomic mass is 10.1. The van der Waals surface area contributed by atoms with Crippen molar-refractivity contribution in [2.24, 2.45) is 0 Å². The number of ether oxygens (including phenoxy) is 4. The molecule has 0 radical (unpaired) electrons. The monoisotopic (exact) mass is 509 g/mol. The minimum absolute atomic E-state index is 0.0920. The Morgan fingerprint density at radius 2 is 1.36 bits per heavy atom. The molecule has 7 nitrogen and oxygen atoms in total. The summed E-state index contributed by atoms with van der Waals surface area (Å²) in [4.78, 5) is 7.38. The number of fused-ring (bicyclic) bond motifs is 1. The van der Waals surface area contributed by atoms with Gasteiger partial charge >= 0.3 is 12.4 Å². The first-order valence-electron chi connectivity index (χ1n) is 10.1. The Bertz CT molecular complexity index is 1390. The van der Waals surface area contributed by atoms with E-state index in [0.717, 1.165) is 0 Å². The molecule has 2 aromatic heterocycles. The van der Waals surface area contributed by atoms with Crippen LogP contribution in [0.2, 0.25) is 0 Å². The van der Waals surface area contributed by atoms with Crippen LogP contribution in [0.4, 0.5) is 26.3 Å². The summed E-state index contributed by atoms with van der Waals surface area (Å²) in [5.41, 5.74) is -2.81. The zero-order valence-corrected chi connectivity index (χ0v) is 17.8. The zero-order chi connectivity index (χ0) is 25.5. The van der Waals surface area contributed by atoms with Crippen molar-refractivity contribution >= 4 is 0 Å². The normalized spacial score (nSPS) is 13.1. The van der Waals surface area contributed by atoms with Crippen LogP contribution < -0.4 is 18.9 Å². The van der Waals surface area contributed by atoms with Gasteiger partial charge in [-0.05, 0) is 42.5 Å². The van der Waals surface area contributed by atoms with Crippen LogP contribution in [0, 0.1) is 0 Å². The zero-order valence-electron chi connectivity index (χ0n) is 17.8. The van der Waals surface area contributed by atoms with E-state index < -0.39 is 35.2 Å². The summed E-state index contributed by atoms with van der Waals surface area (Å²) < 4.78 is 105. The van der Waals surface area contributed by atoms with Gasteiger partial charge in [0.25, 0.3) is 0 Å². The highest BCUT2D eigenvalue weighted by Crippen LogP contribution is 2.46. The van der Waals surface area contributed by atoms with Crippen molar-refractivity contribution in [1.29, 1.82) is 0 Å². The first-order chi connectivity index (χ1) is 17.1. The molecule has 0 saturated carbocycles. The van der Waals surface area contributed by atoms with Gasteiger partial charge in [-0.1, -0.05) is 0 Å². The Labute approximate surface area is 198 Å². The largest absolute Gasteiger partial charge is 0.454 e. The van der Waals surface area contributed by atoms with E-state index in [2.05, 4.69) is 9.97 Å². The highest BCUT2D eigenvalue weighted by Gasteiger charge is 2.43. The van der Waals surface area contributed by atoms with Crippen molar-refractivity contribution in [1.82, 2.24) is 14.5 Å². The lowest BCUT2D eigenvalue weighted by Crippen LogP contribution is -2.15. The van der Waals surface area contributed by atoms with Gasteiger partial charge in [-0.3, -0.25) is 0 Å². The smallest absolute Gasteiger partial charge is 0.421 e. The molecular weight excluding hydrogens is 496 g/mol. The molecule has 13 heteroatoms. The quantitative estimate of drug-likeness (QED) is 0.282. The predicted octanol–water partition coefficient (Wildman–Crippen LogP) is 6.62. The van der Waals surface area contributed by atoms with Crippen LogP contribution in [0.5, 0.6) is 34.8 Å². The van der Waals surface area contributed by atoms with Crippen LogP contribution in [0.15, 0.2) is 67.3 Å². The highest BCUT2D eigenvalue weighted by atomic mass is 19.4.